The summed E-state index contributed by atoms with van der Waals surface area (Å²) in [6, 6.07) is 60.9. The van der Waals surface area contributed by atoms with E-state index in [4.69, 9.17) is 4.98 Å². The Morgan fingerprint density at radius 3 is 1.56 bits per heavy atom. The van der Waals surface area contributed by atoms with E-state index in [1.807, 2.05) is 0 Å². The summed E-state index contributed by atoms with van der Waals surface area (Å²) in [6.45, 7) is 0. The van der Waals surface area contributed by atoms with Crippen molar-refractivity contribution in [3.05, 3.63) is 170 Å². The van der Waals surface area contributed by atoms with Crippen LogP contribution in [0, 0.1) is 0 Å². The molecular formula is C43H28N2. The summed E-state index contributed by atoms with van der Waals surface area (Å²) in [5, 5.41) is 7.45. The minimum Gasteiger partial charge on any atom is -0.292 e. The lowest BCUT2D eigenvalue weighted by molar-refractivity contribution is 1.11. The van der Waals surface area contributed by atoms with Crippen LogP contribution in [0.2, 0.25) is 0 Å². The Kier molecular flexibility index (Phi) is 5.85. The fourth-order valence-electron chi connectivity index (χ4n) is 7.02. The molecule has 0 saturated heterocycles. The molecule has 2 heteroatoms. The van der Waals surface area contributed by atoms with Crippen LogP contribution in [0.3, 0.4) is 0 Å². The molecule has 210 valence electrons. The summed E-state index contributed by atoms with van der Waals surface area (Å²) in [6.07, 6.45) is 0. The Labute approximate surface area is 261 Å². The lowest BCUT2D eigenvalue weighted by Gasteiger charge is -2.18. The van der Waals surface area contributed by atoms with Crippen molar-refractivity contribution in [3.8, 4) is 39.3 Å². The number of nitrogens with zero attached hydrogens (tertiary/aromatic N) is 2. The number of fused-ring (bicyclic) bond motifs is 4. The predicted octanol–water partition coefficient (Wildman–Crippen LogP) is 11.5. The normalized spacial score (nSPS) is 11.6. The van der Waals surface area contributed by atoms with E-state index in [9.17, 15) is 0 Å². The largest absolute Gasteiger partial charge is 0.292 e. The van der Waals surface area contributed by atoms with Gasteiger partial charge in [0, 0.05) is 11.3 Å². The van der Waals surface area contributed by atoms with Crippen molar-refractivity contribution in [3.63, 3.8) is 0 Å². The van der Waals surface area contributed by atoms with Crippen LogP contribution in [-0.2, 0) is 0 Å². The first-order chi connectivity index (χ1) is 22.3. The summed E-state index contributed by atoms with van der Waals surface area (Å²) < 4.78 is 2.30. The maximum absolute atomic E-state index is 5.17. The SMILES string of the molecule is c1ccc(-c2c3ccccc3c(-c3ccc(-n4c(-c5cccc6ccccc56)nc5ccccc54)cc3)c3ccccc23)cc1. The number of hydrogen-bond donors (Lipinski definition) is 0. The number of benzene rings is 8. The Morgan fingerprint density at radius 1 is 0.378 bits per heavy atom. The molecular weight excluding hydrogens is 544 g/mol. The Balaban J connectivity index is 1.27. The van der Waals surface area contributed by atoms with Crippen LogP contribution in [0.15, 0.2) is 170 Å². The van der Waals surface area contributed by atoms with Crippen LogP contribution in [0.25, 0.3) is 82.7 Å². The van der Waals surface area contributed by atoms with Gasteiger partial charge in [-0.25, -0.2) is 4.98 Å². The molecule has 0 aliphatic heterocycles. The standard InChI is InChI=1S/C43H28N2/c1-2-14-30(15-3-1)41-34-18-6-8-20-36(34)42(37-21-9-7-19-35(37)41)31-25-27-32(28-26-31)45-40-24-11-10-23-39(40)44-43(45)38-22-12-16-29-13-4-5-17-33(29)38/h1-28H. The molecule has 9 rings (SSSR count). The summed E-state index contributed by atoms with van der Waals surface area (Å²) in [4.78, 5) is 5.17. The van der Waals surface area contributed by atoms with E-state index in [2.05, 4.69) is 174 Å². The highest BCUT2D eigenvalue weighted by Gasteiger charge is 2.19. The zero-order valence-electron chi connectivity index (χ0n) is 24.6. The molecule has 0 fully saturated rings. The third-order valence-electron chi connectivity index (χ3n) is 9.00. The maximum atomic E-state index is 5.17. The number of imidazole rings is 1. The van der Waals surface area contributed by atoms with Gasteiger partial charge in [0.05, 0.1) is 11.0 Å². The third kappa shape index (κ3) is 4.07. The van der Waals surface area contributed by atoms with E-state index in [-0.39, 0.29) is 0 Å². The van der Waals surface area contributed by atoms with Gasteiger partial charge in [0.1, 0.15) is 5.82 Å². The molecule has 0 N–H and O–H groups in total. The summed E-state index contributed by atoms with van der Waals surface area (Å²) in [5.74, 6) is 0.948. The molecule has 0 atom stereocenters. The zero-order valence-corrected chi connectivity index (χ0v) is 24.6. The van der Waals surface area contributed by atoms with Gasteiger partial charge in [0.15, 0.2) is 0 Å². The van der Waals surface area contributed by atoms with Gasteiger partial charge in [-0.1, -0.05) is 146 Å². The van der Waals surface area contributed by atoms with Gasteiger partial charge in [-0.15, -0.1) is 0 Å². The average Bonchev–Trinajstić information content (AvgIpc) is 3.50. The van der Waals surface area contributed by atoms with Crippen molar-refractivity contribution in [2.75, 3.05) is 0 Å². The predicted molar refractivity (Wildman–Crippen MR) is 190 cm³/mol. The van der Waals surface area contributed by atoms with E-state index in [0.717, 1.165) is 28.1 Å². The second-order valence-corrected chi connectivity index (χ2v) is 11.5. The molecule has 9 aromatic rings. The maximum Gasteiger partial charge on any atom is 0.146 e. The molecule has 0 aliphatic carbocycles. The minimum absolute atomic E-state index is 0.948. The molecule has 45 heavy (non-hydrogen) atoms. The first-order valence-corrected chi connectivity index (χ1v) is 15.4. The summed E-state index contributed by atoms with van der Waals surface area (Å²) in [5.41, 5.74) is 9.27. The molecule has 1 heterocycles. The number of para-hydroxylation sites is 2. The van der Waals surface area contributed by atoms with E-state index in [1.54, 1.807) is 0 Å². The van der Waals surface area contributed by atoms with Gasteiger partial charge < -0.3 is 0 Å². The monoisotopic (exact) mass is 572 g/mol. The van der Waals surface area contributed by atoms with Crippen molar-refractivity contribution in [1.82, 2.24) is 9.55 Å². The molecule has 1 aromatic heterocycles. The van der Waals surface area contributed by atoms with E-state index in [1.165, 1.54) is 54.6 Å². The van der Waals surface area contributed by atoms with Gasteiger partial charge >= 0.3 is 0 Å². The molecule has 8 aromatic carbocycles. The summed E-state index contributed by atoms with van der Waals surface area (Å²) in [7, 11) is 0. The van der Waals surface area contributed by atoms with Crippen molar-refractivity contribution in [2.45, 2.75) is 0 Å². The molecule has 0 saturated carbocycles. The van der Waals surface area contributed by atoms with E-state index in [0.29, 0.717) is 0 Å². The highest BCUT2D eigenvalue weighted by Crippen LogP contribution is 2.44. The van der Waals surface area contributed by atoms with E-state index < -0.39 is 0 Å². The van der Waals surface area contributed by atoms with Crippen molar-refractivity contribution < 1.29 is 0 Å². The number of rotatable bonds is 4. The Bertz CT molecular complexity index is 2460. The van der Waals surface area contributed by atoms with Gasteiger partial charge in [-0.2, -0.15) is 0 Å². The van der Waals surface area contributed by atoms with Gasteiger partial charge in [0.25, 0.3) is 0 Å². The molecule has 0 bridgehead atoms. The second-order valence-electron chi connectivity index (χ2n) is 11.5. The minimum atomic E-state index is 0.948. The fourth-order valence-corrected chi connectivity index (χ4v) is 7.02. The van der Waals surface area contributed by atoms with Crippen LogP contribution in [0.4, 0.5) is 0 Å². The molecule has 2 nitrogen and oxygen atoms in total. The van der Waals surface area contributed by atoms with Crippen LogP contribution in [-0.4, -0.2) is 9.55 Å². The quantitative estimate of drug-likeness (QED) is 0.192. The van der Waals surface area contributed by atoms with Crippen molar-refractivity contribution >= 4 is 43.4 Å². The smallest absolute Gasteiger partial charge is 0.146 e. The Hall–Kier alpha value is -5.99. The van der Waals surface area contributed by atoms with Gasteiger partial charge in [-0.05, 0) is 78.8 Å². The zero-order chi connectivity index (χ0) is 29.7. The molecule has 0 amide bonds. The fraction of sp³-hybridized carbons (Fsp3) is 0. The summed E-state index contributed by atoms with van der Waals surface area (Å²) >= 11 is 0. The van der Waals surface area contributed by atoms with Crippen LogP contribution >= 0.6 is 0 Å². The second kappa shape index (κ2) is 10.3. The van der Waals surface area contributed by atoms with Crippen LogP contribution in [0.1, 0.15) is 0 Å². The topological polar surface area (TPSA) is 17.8 Å². The van der Waals surface area contributed by atoms with Crippen molar-refractivity contribution in [2.24, 2.45) is 0 Å². The lowest BCUT2D eigenvalue weighted by atomic mass is 9.86. The molecule has 0 spiro atoms. The van der Waals surface area contributed by atoms with Crippen LogP contribution < -0.4 is 0 Å². The Morgan fingerprint density at radius 2 is 0.889 bits per heavy atom. The van der Waals surface area contributed by atoms with E-state index >= 15 is 0 Å². The highest BCUT2D eigenvalue weighted by atomic mass is 15.1. The first kappa shape index (κ1) is 25.5. The van der Waals surface area contributed by atoms with Gasteiger partial charge in [-0.3, -0.25) is 4.57 Å². The number of hydrogen-bond acceptors (Lipinski definition) is 1. The molecule has 0 aliphatic rings. The van der Waals surface area contributed by atoms with Crippen molar-refractivity contribution in [1.29, 1.82) is 0 Å². The highest BCUT2D eigenvalue weighted by molar-refractivity contribution is 6.21. The number of aromatic nitrogens is 2. The first-order valence-electron chi connectivity index (χ1n) is 15.4. The average molecular weight is 573 g/mol. The molecule has 0 radical (unpaired) electrons. The molecule has 0 unspecified atom stereocenters. The third-order valence-corrected chi connectivity index (χ3v) is 9.00. The van der Waals surface area contributed by atoms with Gasteiger partial charge in [0.2, 0.25) is 0 Å². The van der Waals surface area contributed by atoms with Crippen LogP contribution in [0.5, 0.6) is 0 Å². The lowest BCUT2D eigenvalue weighted by Crippen LogP contribution is -1.98.